The lowest BCUT2D eigenvalue weighted by Gasteiger charge is -2.34. The Balaban J connectivity index is 2.21. The number of aliphatic hydroxyl groups is 1. The first-order chi connectivity index (χ1) is 7.13. The molecule has 15 heavy (non-hydrogen) atoms. The summed E-state index contributed by atoms with van der Waals surface area (Å²) in [4.78, 5) is 0. The second-order valence-electron chi connectivity index (χ2n) is 5.40. The highest BCUT2D eigenvalue weighted by Gasteiger charge is 2.24. The number of nitrogens with one attached hydrogen (secondary N) is 1. The van der Waals surface area contributed by atoms with Crippen LogP contribution in [0.1, 0.15) is 52.9 Å². The van der Waals surface area contributed by atoms with Crippen LogP contribution in [0.25, 0.3) is 0 Å². The van der Waals surface area contributed by atoms with E-state index in [1.54, 1.807) is 0 Å². The smallest absolute Gasteiger partial charge is 0.0431 e. The van der Waals surface area contributed by atoms with E-state index < -0.39 is 0 Å². The summed E-state index contributed by atoms with van der Waals surface area (Å²) in [6.07, 6.45) is 6.04. The Morgan fingerprint density at radius 2 is 2.00 bits per heavy atom. The van der Waals surface area contributed by atoms with Crippen LogP contribution in [-0.2, 0) is 0 Å². The van der Waals surface area contributed by atoms with Crippen LogP contribution < -0.4 is 5.32 Å². The van der Waals surface area contributed by atoms with E-state index >= 15 is 0 Å². The summed E-state index contributed by atoms with van der Waals surface area (Å²) in [5, 5.41) is 12.5. The molecule has 4 atom stereocenters. The van der Waals surface area contributed by atoms with E-state index in [1.807, 2.05) is 0 Å². The van der Waals surface area contributed by atoms with Crippen molar-refractivity contribution < 1.29 is 5.11 Å². The van der Waals surface area contributed by atoms with Gasteiger partial charge in [-0.3, -0.25) is 0 Å². The fourth-order valence-corrected chi connectivity index (χ4v) is 2.58. The molecule has 0 aromatic rings. The van der Waals surface area contributed by atoms with Gasteiger partial charge in [0.1, 0.15) is 0 Å². The van der Waals surface area contributed by atoms with Gasteiger partial charge in [0.25, 0.3) is 0 Å². The molecule has 0 saturated heterocycles. The second-order valence-corrected chi connectivity index (χ2v) is 5.40. The summed E-state index contributed by atoms with van der Waals surface area (Å²) in [7, 11) is 0. The Labute approximate surface area is 94.5 Å². The minimum Gasteiger partial charge on any atom is -0.396 e. The molecule has 2 N–H and O–H groups in total. The van der Waals surface area contributed by atoms with Crippen molar-refractivity contribution in [2.75, 3.05) is 6.61 Å². The van der Waals surface area contributed by atoms with Gasteiger partial charge in [0.2, 0.25) is 0 Å². The highest BCUT2D eigenvalue weighted by molar-refractivity contribution is 4.81. The normalized spacial score (nSPS) is 34.0. The van der Waals surface area contributed by atoms with Gasteiger partial charge in [-0.15, -0.1) is 0 Å². The van der Waals surface area contributed by atoms with Crippen molar-refractivity contribution in [3.63, 3.8) is 0 Å². The van der Waals surface area contributed by atoms with E-state index in [-0.39, 0.29) is 0 Å². The minimum absolute atomic E-state index is 0.324. The molecule has 0 amide bonds. The first kappa shape index (κ1) is 13.0. The highest BCUT2D eigenvalue weighted by Crippen LogP contribution is 2.29. The SMILES string of the molecule is C[C@H](CCCO)N[C@@H]1CC[C@@H](C)[C@@H](C)C1. The molecule has 0 aromatic carbocycles. The molecule has 2 heteroatoms. The summed E-state index contributed by atoms with van der Waals surface area (Å²) < 4.78 is 0. The largest absolute Gasteiger partial charge is 0.396 e. The summed E-state index contributed by atoms with van der Waals surface area (Å²) in [5.41, 5.74) is 0. The fraction of sp³-hybridized carbons (Fsp3) is 1.00. The van der Waals surface area contributed by atoms with Gasteiger partial charge in [-0.05, 0) is 50.9 Å². The van der Waals surface area contributed by atoms with Gasteiger partial charge >= 0.3 is 0 Å². The molecule has 1 rings (SSSR count). The van der Waals surface area contributed by atoms with Crippen LogP contribution in [0.2, 0.25) is 0 Å². The van der Waals surface area contributed by atoms with Crippen molar-refractivity contribution >= 4 is 0 Å². The Kier molecular flexibility index (Phi) is 5.62. The summed E-state index contributed by atoms with van der Waals surface area (Å²) in [6.45, 7) is 7.30. The van der Waals surface area contributed by atoms with Gasteiger partial charge in [0.05, 0.1) is 0 Å². The second kappa shape index (κ2) is 6.49. The van der Waals surface area contributed by atoms with Gasteiger partial charge in [-0.25, -0.2) is 0 Å². The van der Waals surface area contributed by atoms with E-state index in [9.17, 15) is 0 Å². The van der Waals surface area contributed by atoms with Crippen LogP contribution in [0, 0.1) is 11.8 Å². The van der Waals surface area contributed by atoms with Crippen molar-refractivity contribution in [2.45, 2.75) is 65.0 Å². The van der Waals surface area contributed by atoms with E-state index in [0.717, 1.165) is 24.7 Å². The van der Waals surface area contributed by atoms with Crippen molar-refractivity contribution in [3.05, 3.63) is 0 Å². The van der Waals surface area contributed by atoms with Crippen molar-refractivity contribution in [2.24, 2.45) is 11.8 Å². The zero-order chi connectivity index (χ0) is 11.3. The maximum Gasteiger partial charge on any atom is 0.0431 e. The third-order valence-electron chi connectivity index (χ3n) is 3.91. The zero-order valence-corrected chi connectivity index (χ0v) is 10.5. The molecule has 1 saturated carbocycles. The molecule has 0 spiro atoms. The molecular formula is C13H27NO. The molecule has 0 aliphatic heterocycles. The average Bonchev–Trinajstić information content (AvgIpc) is 2.20. The number of hydrogen-bond donors (Lipinski definition) is 2. The Bertz CT molecular complexity index is 172. The van der Waals surface area contributed by atoms with Gasteiger partial charge in [-0.1, -0.05) is 13.8 Å². The Hall–Kier alpha value is -0.0800. The highest BCUT2D eigenvalue weighted by atomic mass is 16.2. The van der Waals surface area contributed by atoms with Gasteiger partial charge in [0, 0.05) is 18.7 Å². The third kappa shape index (κ3) is 4.52. The molecular weight excluding hydrogens is 186 g/mol. The van der Waals surface area contributed by atoms with Crippen LogP contribution in [-0.4, -0.2) is 23.8 Å². The summed E-state index contributed by atoms with van der Waals surface area (Å²) in [6, 6.07) is 1.27. The quantitative estimate of drug-likeness (QED) is 0.735. The molecule has 0 radical (unpaired) electrons. The fourth-order valence-electron chi connectivity index (χ4n) is 2.58. The lowest BCUT2D eigenvalue weighted by atomic mass is 9.79. The lowest BCUT2D eigenvalue weighted by molar-refractivity contribution is 0.210. The van der Waals surface area contributed by atoms with E-state index in [0.29, 0.717) is 18.7 Å². The van der Waals surface area contributed by atoms with Crippen LogP contribution in [0.5, 0.6) is 0 Å². The van der Waals surface area contributed by atoms with Crippen molar-refractivity contribution in [1.29, 1.82) is 0 Å². The van der Waals surface area contributed by atoms with E-state index in [2.05, 4.69) is 26.1 Å². The molecule has 0 aromatic heterocycles. The number of aliphatic hydroxyl groups excluding tert-OH is 1. The predicted molar refractivity (Wildman–Crippen MR) is 64.9 cm³/mol. The number of rotatable bonds is 5. The molecule has 2 nitrogen and oxygen atoms in total. The standard InChI is InChI=1S/C13H27NO/c1-10-6-7-13(9-11(10)2)14-12(3)5-4-8-15/h10-15H,4-9H2,1-3H3/t10-,11+,12-,13-/m1/s1. The molecule has 90 valence electrons. The third-order valence-corrected chi connectivity index (χ3v) is 3.91. The molecule has 1 aliphatic carbocycles. The average molecular weight is 213 g/mol. The van der Waals surface area contributed by atoms with Gasteiger partial charge in [0.15, 0.2) is 0 Å². The summed E-state index contributed by atoms with van der Waals surface area (Å²) >= 11 is 0. The van der Waals surface area contributed by atoms with Crippen LogP contribution >= 0.6 is 0 Å². The van der Waals surface area contributed by atoms with E-state index in [1.165, 1.54) is 19.3 Å². The lowest BCUT2D eigenvalue weighted by Crippen LogP contribution is -2.41. The van der Waals surface area contributed by atoms with Crippen molar-refractivity contribution in [3.8, 4) is 0 Å². The number of hydrogen-bond acceptors (Lipinski definition) is 2. The first-order valence-corrected chi connectivity index (χ1v) is 6.50. The predicted octanol–water partition coefficient (Wildman–Crippen LogP) is 2.56. The van der Waals surface area contributed by atoms with Gasteiger partial charge < -0.3 is 10.4 Å². The summed E-state index contributed by atoms with van der Waals surface area (Å²) in [5.74, 6) is 1.76. The zero-order valence-electron chi connectivity index (χ0n) is 10.5. The monoisotopic (exact) mass is 213 g/mol. The molecule has 0 heterocycles. The molecule has 1 fully saturated rings. The molecule has 0 bridgehead atoms. The van der Waals surface area contributed by atoms with Crippen LogP contribution in [0.15, 0.2) is 0 Å². The van der Waals surface area contributed by atoms with Gasteiger partial charge in [-0.2, -0.15) is 0 Å². The topological polar surface area (TPSA) is 32.3 Å². The minimum atomic E-state index is 0.324. The Morgan fingerprint density at radius 3 is 2.60 bits per heavy atom. The maximum atomic E-state index is 8.77. The molecule has 0 unspecified atom stereocenters. The first-order valence-electron chi connectivity index (χ1n) is 6.50. The van der Waals surface area contributed by atoms with E-state index in [4.69, 9.17) is 5.11 Å². The maximum absolute atomic E-state index is 8.77. The molecule has 1 aliphatic rings. The Morgan fingerprint density at radius 1 is 1.27 bits per heavy atom. The van der Waals surface area contributed by atoms with Crippen LogP contribution in [0.4, 0.5) is 0 Å². The van der Waals surface area contributed by atoms with Crippen molar-refractivity contribution in [1.82, 2.24) is 5.32 Å². The van der Waals surface area contributed by atoms with Crippen LogP contribution in [0.3, 0.4) is 0 Å².